The van der Waals surface area contributed by atoms with E-state index in [9.17, 15) is 40.2 Å². The molecule has 44 heavy (non-hydrogen) atoms. The molecule has 11 atom stereocenters. The van der Waals surface area contributed by atoms with Gasteiger partial charge in [-0.25, -0.2) is 9.59 Å². The Morgan fingerprint density at radius 1 is 0.864 bits per heavy atom. The second-order valence-corrected chi connectivity index (χ2v) is 12.3. The van der Waals surface area contributed by atoms with E-state index in [1.807, 2.05) is 0 Å². The van der Waals surface area contributed by atoms with Gasteiger partial charge >= 0.3 is 11.9 Å². The van der Waals surface area contributed by atoms with Crippen LogP contribution in [-0.2, 0) is 28.4 Å². The van der Waals surface area contributed by atoms with Gasteiger partial charge in [0, 0.05) is 12.3 Å². The minimum atomic E-state index is -1.74. The van der Waals surface area contributed by atoms with Crippen LogP contribution in [0.2, 0.25) is 0 Å². The number of phenolic OH excluding ortho intramolecular Hbond substituents is 2. The summed E-state index contributed by atoms with van der Waals surface area (Å²) in [5.74, 6) is -3.67. The van der Waals surface area contributed by atoms with E-state index in [0.29, 0.717) is 0 Å². The third-order valence-corrected chi connectivity index (χ3v) is 9.97. The monoisotopic (exact) mass is 616 g/mol. The number of carbonyl (C=O) groups is 2. The molecule has 3 saturated carbocycles. The fourth-order valence-electron chi connectivity index (χ4n) is 7.72. The van der Waals surface area contributed by atoms with Crippen LogP contribution >= 0.6 is 0 Å². The van der Waals surface area contributed by atoms with Gasteiger partial charge in [-0.05, 0) is 61.9 Å². The molecule has 2 unspecified atom stereocenters. The van der Waals surface area contributed by atoms with Gasteiger partial charge in [-0.3, -0.25) is 0 Å². The van der Waals surface area contributed by atoms with Gasteiger partial charge in [-0.2, -0.15) is 0 Å². The molecule has 9 rings (SSSR count). The average Bonchev–Trinajstić information content (AvgIpc) is 3.18. The van der Waals surface area contributed by atoms with Crippen molar-refractivity contribution < 1.29 is 68.6 Å². The lowest BCUT2D eigenvalue weighted by Gasteiger charge is -2.67. The Labute approximate surface area is 250 Å². The highest BCUT2D eigenvalue weighted by atomic mass is 16.8. The van der Waals surface area contributed by atoms with Crippen molar-refractivity contribution >= 4 is 11.9 Å². The molecule has 4 aliphatic heterocycles. The second-order valence-electron chi connectivity index (χ2n) is 12.3. The zero-order chi connectivity index (χ0) is 31.2. The lowest BCUT2D eigenvalue weighted by atomic mass is 9.41. The molecule has 7 fully saturated rings. The first-order valence-corrected chi connectivity index (χ1v) is 14.2. The Morgan fingerprint density at radius 2 is 1.45 bits per heavy atom. The van der Waals surface area contributed by atoms with Crippen LogP contribution in [0.5, 0.6) is 11.5 Å². The molecular formula is C30H32O14. The number of ether oxygens (including phenoxy) is 6. The average molecular weight is 617 g/mol. The second kappa shape index (κ2) is 9.83. The van der Waals surface area contributed by atoms with Crippen molar-refractivity contribution in [2.45, 2.75) is 73.8 Å². The summed E-state index contributed by atoms with van der Waals surface area (Å²) in [7, 11) is 0. The van der Waals surface area contributed by atoms with E-state index in [1.165, 1.54) is 48.5 Å². The van der Waals surface area contributed by atoms with Crippen molar-refractivity contribution in [3.05, 3.63) is 59.7 Å². The maximum atomic E-state index is 12.9. The van der Waals surface area contributed by atoms with Gasteiger partial charge in [0.2, 0.25) is 0 Å². The summed E-state index contributed by atoms with van der Waals surface area (Å²) in [6, 6.07) is 10.8. The maximum absolute atomic E-state index is 12.9. The lowest BCUT2D eigenvalue weighted by molar-refractivity contribution is -0.424. The number of aliphatic hydroxyl groups excluding tert-OH is 3. The van der Waals surface area contributed by atoms with Gasteiger partial charge in [0.25, 0.3) is 0 Å². The van der Waals surface area contributed by atoms with Gasteiger partial charge in [0.15, 0.2) is 18.4 Å². The molecule has 4 saturated heterocycles. The summed E-state index contributed by atoms with van der Waals surface area (Å²) in [5, 5.41) is 62.6. The molecule has 7 aliphatic rings. The quantitative estimate of drug-likeness (QED) is 0.214. The van der Waals surface area contributed by atoms with Crippen LogP contribution < -0.4 is 0 Å². The molecule has 0 spiro atoms. The Morgan fingerprint density at radius 3 is 2.07 bits per heavy atom. The van der Waals surface area contributed by atoms with E-state index in [4.69, 9.17) is 28.4 Å². The third kappa shape index (κ3) is 3.96. The number of aromatic hydroxyl groups is 2. The highest BCUT2D eigenvalue weighted by molar-refractivity contribution is 5.90. The predicted octanol–water partition coefficient (Wildman–Crippen LogP) is -0.0816. The van der Waals surface area contributed by atoms with Gasteiger partial charge in [-0.1, -0.05) is 0 Å². The number of esters is 2. The predicted molar refractivity (Wildman–Crippen MR) is 142 cm³/mol. The first-order chi connectivity index (χ1) is 20.8. The van der Waals surface area contributed by atoms with E-state index in [1.54, 1.807) is 6.92 Å². The third-order valence-electron chi connectivity index (χ3n) is 9.97. The SMILES string of the molecule is C[C@@]12C[C@@]3(O)OC(O1)[C@]1(COC(=O)c4ccc(O)cc4)C3C[C@]12O[C@@H]1O[C@H](COC(=O)c2ccc(O)cc2)[C@@H](O)[C@H](O)[C@H]1O. The molecule has 6 bridgehead atoms. The highest BCUT2D eigenvalue weighted by Gasteiger charge is 2.94. The normalized spacial score (nSPS) is 43.0. The van der Waals surface area contributed by atoms with Crippen molar-refractivity contribution in [2.24, 2.45) is 11.3 Å². The van der Waals surface area contributed by atoms with Crippen molar-refractivity contribution in [1.82, 2.24) is 0 Å². The molecule has 0 aromatic heterocycles. The van der Waals surface area contributed by atoms with Crippen LogP contribution in [0.4, 0.5) is 0 Å². The van der Waals surface area contributed by atoms with E-state index in [0.717, 1.165) is 0 Å². The largest absolute Gasteiger partial charge is 0.508 e. The van der Waals surface area contributed by atoms with E-state index >= 15 is 0 Å². The van der Waals surface area contributed by atoms with Crippen LogP contribution in [0.15, 0.2) is 48.5 Å². The minimum absolute atomic E-state index is 0.0104. The number of hydrogen-bond donors (Lipinski definition) is 6. The van der Waals surface area contributed by atoms with Crippen LogP contribution in [0.3, 0.4) is 0 Å². The zero-order valence-electron chi connectivity index (χ0n) is 23.4. The number of hydrogen-bond acceptors (Lipinski definition) is 14. The molecular weight excluding hydrogens is 584 g/mol. The Balaban J connectivity index is 1.12. The molecule has 2 aromatic carbocycles. The Kier molecular flexibility index (Phi) is 6.56. The number of benzene rings is 2. The smallest absolute Gasteiger partial charge is 0.338 e. The van der Waals surface area contributed by atoms with Crippen molar-refractivity contribution in [2.75, 3.05) is 13.2 Å². The minimum Gasteiger partial charge on any atom is -0.508 e. The summed E-state index contributed by atoms with van der Waals surface area (Å²) >= 11 is 0. The number of rotatable bonds is 8. The summed E-state index contributed by atoms with van der Waals surface area (Å²) in [4.78, 5) is 25.4. The van der Waals surface area contributed by atoms with E-state index < -0.39 is 83.9 Å². The summed E-state index contributed by atoms with van der Waals surface area (Å²) in [5.41, 5.74) is -3.42. The highest BCUT2D eigenvalue weighted by Crippen LogP contribution is 2.81. The molecule has 236 valence electrons. The van der Waals surface area contributed by atoms with Gasteiger partial charge in [0.05, 0.1) is 16.5 Å². The van der Waals surface area contributed by atoms with Crippen molar-refractivity contribution in [1.29, 1.82) is 0 Å². The number of carbonyl (C=O) groups excluding carboxylic acids is 2. The number of aliphatic hydroxyl groups is 4. The number of phenols is 2. The van der Waals surface area contributed by atoms with Crippen LogP contribution in [0, 0.1) is 11.3 Å². The van der Waals surface area contributed by atoms with Gasteiger partial charge in [0.1, 0.15) is 60.3 Å². The summed E-state index contributed by atoms with van der Waals surface area (Å²) in [6.07, 6.45) is -8.82. The Hall–Kier alpha value is -3.34. The van der Waals surface area contributed by atoms with Crippen LogP contribution in [0.1, 0.15) is 40.5 Å². The summed E-state index contributed by atoms with van der Waals surface area (Å²) in [6.45, 7) is 0.917. The standard InChI is InChI=1S/C30H32O14/c1-27-12-29(38)19-10-30(27,28(19,26(43-27)44-29)13-40-24(37)15-4-8-17(32)9-5-15)42-25-22(35)21(34)20(33)18(41-25)11-39-23(36)14-2-6-16(31)7-3-14/h2-9,18-22,25-26,31-35,38H,10-13H2,1H3/t18-,19?,20-,21+,22-,25+,26?,27+,28+,29-,30-/m1/s1. The van der Waals surface area contributed by atoms with Crippen LogP contribution in [-0.4, -0.2) is 110 Å². The molecule has 0 radical (unpaired) electrons. The molecule has 14 nitrogen and oxygen atoms in total. The first-order valence-electron chi connectivity index (χ1n) is 14.2. The maximum Gasteiger partial charge on any atom is 0.338 e. The van der Waals surface area contributed by atoms with Crippen molar-refractivity contribution in [3.63, 3.8) is 0 Å². The molecule has 2 aromatic rings. The van der Waals surface area contributed by atoms with E-state index in [-0.39, 0.29) is 42.1 Å². The molecule has 14 heteroatoms. The summed E-state index contributed by atoms with van der Waals surface area (Å²) < 4.78 is 35.5. The fourth-order valence-corrected chi connectivity index (χ4v) is 7.72. The zero-order valence-corrected chi connectivity index (χ0v) is 23.4. The lowest BCUT2D eigenvalue weighted by Crippen LogP contribution is -2.80. The fraction of sp³-hybridized carbons (Fsp3) is 0.533. The van der Waals surface area contributed by atoms with Crippen molar-refractivity contribution in [3.8, 4) is 11.5 Å². The van der Waals surface area contributed by atoms with Crippen LogP contribution in [0.25, 0.3) is 0 Å². The molecule has 6 N–H and O–H groups in total. The van der Waals surface area contributed by atoms with Gasteiger partial charge < -0.3 is 59.1 Å². The first kappa shape index (κ1) is 29.4. The Bertz CT molecular complexity index is 1470. The molecule has 4 heterocycles. The van der Waals surface area contributed by atoms with Gasteiger partial charge in [-0.15, -0.1) is 0 Å². The van der Waals surface area contributed by atoms with E-state index in [2.05, 4.69) is 0 Å². The topological polar surface area (TPSA) is 211 Å². The molecule has 3 aliphatic carbocycles. The molecule has 0 amide bonds.